The van der Waals surface area contributed by atoms with Gasteiger partial charge in [0.25, 0.3) is 0 Å². The zero-order valence-electron chi connectivity index (χ0n) is 21.0. The lowest BCUT2D eigenvalue weighted by molar-refractivity contribution is 0.121. The quantitative estimate of drug-likeness (QED) is 0.220. The van der Waals surface area contributed by atoms with Gasteiger partial charge in [-0.2, -0.15) is 0 Å². The largest absolute Gasteiger partial charge is 0.377 e. The Hall–Kier alpha value is -2.64. The first-order chi connectivity index (χ1) is 16.8. The van der Waals surface area contributed by atoms with Gasteiger partial charge in [0, 0.05) is 6.61 Å². The second-order valence-corrected chi connectivity index (χ2v) is 9.81. The standard InChI is InChI=1S/C33H40O/c1-3-5-6-7-26-8-12-28(13-9-26)30-16-20-32(21-17-30)33-22-18-31(19-23-33)29-14-10-27(11-15-29)25-34-24-4-2/h3,5,10-11,14-23,26,28H,4,6-9,12-13,24-25H2,1-2H3/b5-3+/t26-,28-. The average molecular weight is 453 g/mol. The lowest BCUT2D eigenvalue weighted by atomic mass is 9.77. The molecular weight excluding hydrogens is 412 g/mol. The Kier molecular flexibility index (Phi) is 9.16. The summed E-state index contributed by atoms with van der Waals surface area (Å²) in [6.45, 7) is 5.78. The van der Waals surface area contributed by atoms with Gasteiger partial charge >= 0.3 is 0 Å². The Morgan fingerprint density at radius 3 is 1.79 bits per heavy atom. The molecule has 0 aliphatic heterocycles. The van der Waals surface area contributed by atoms with E-state index in [4.69, 9.17) is 4.74 Å². The highest BCUT2D eigenvalue weighted by Crippen LogP contribution is 2.38. The van der Waals surface area contributed by atoms with Crippen molar-refractivity contribution in [2.24, 2.45) is 5.92 Å². The van der Waals surface area contributed by atoms with Gasteiger partial charge in [-0.05, 0) is 97.1 Å². The molecule has 0 atom stereocenters. The molecule has 3 aromatic rings. The van der Waals surface area contributed by atoms with E-state index < -0.39 is 0 Å². The molecule has 0 N–H and O–H groups in total. The predicted molar refractivity (Wildman–Crippen MR) is 146 cm³/mol. The number of ether oxygens (including phenoxy) is 1. The van der Waals surface area contributed by atoms with Gasteiger partial charge in [-0.3, -0.25) is 0 Å². The van der Waals surface area contributed by atoms with E-state index in [0.29, 0.717) is 6.61 Å². The number of hydrogen-bond acceptors (Lipinski definition) is 1. The number of benzene rings is 3. The van der Waals surface area contributed by atoms with Crippen LogP contribution in [-0.4, -0.2) is 6.61 Å². The minimum absolute atomic E-state index is 0.695. The van der Waals surface area contributed by atoms with Crippen molar-refractivity contribution in [3.05, 3.63) is 96.1 Å². The van der Waals surface area contributed by atoms with Crippen LogP contribution in [0, 0.1) is 5.92 Å². The molecule has 0 unspecified atom stereocenters. The molecule has 0 bridgehead atoms. The molecule has 1 saturated carbocycles. The second-order valence-electron chi connectivity index (χ2n) is 9.81. The maximum Gasteiger partial charge on any atom is 0.0716 e. The van der Waals surface area contributed by atoms with Crippen molar-refractivity contribution in [1.29, 1.82) is 0 Å². The van der Waals surface area contributed by atoms with Crippen LogP contribution < -0.4 is 0 Å². The van der Waals surface area contributed by atoms with Gasteiger partial charge in [-0.25, -0.2) is 0 Å². The van der Waals surface area contributed by atoms with Gasteiger partial charge in [0.05, 0.1) is 6.61 Å². The fraction of sp³-hybridized carbons (Fsp3) is 0.394. The van der Waals surface area contributed by atoms with Gasteiger partial charge in [-0.15, -0.1) is 0 Å². The molecule has 1 fully saturated rings. The number of hydrogen-bond donors (Lipinski definition) is 0. The van der Waals surface area contributed by atoms with Gasteiger partial charge in [0.1, 0.15) is 0 Å². The highest BCUT2D eigenvalue weighted by atomic mass is 16.5. The van der Waals surface area contributed by atoms with Crippen molar-refractivity contribution < 1.29 is 4.74 Å². The third-order valence-electron chi connectivity index (χ3n) is 7.33. The fourth-order valence-corrected chi connectivity index (χ4v) is 5.21. The van der Waals surface area contributed by atoms with Crippen molar-refractivity contribution in [1.82, 2.24) is 0 Å². The highest BCUT2D eigenvalue weighted by molar-refractivity contribution is 5.70. The molecule has 0 aromatic heterocycles. The predicted octanol–water partition coefficient (Wildman–Crippen LogP) is 9.58. The van der Waals surface area contributed by atoms with E-state index in [2.05, 4.69) is 98.8 Å². The van der Waals surface area contributed by atoms with Crippen LogP contribution in [0.2, 0.25) is 0 Å². The molecule has 0 saturated heterocycles. The summed E-state index contributed by atoms with van der Waals surface area (Å²) in [5.74, 6) is 1.67. The van der Waals surface area contributed by atoms with Gasteiger partial charge in [0.2, 0.25) is 0 Å². The normalized spacial score (nSPS) is 18.4. The van der Waals surface area contributed by atoms with Gasteiger partial charge in [0.15, 0.2) is 0 Å². The molecule has 4 rings (SSSR count). The first-order valence-electron chi connectivity index (χ1n) is 13.3. The second kappa shape index (κ2) is 12.7. The molecule has 34 heavy (non-hydrogen) atoms. The van der Waals surface area contributed by atoms with Crippen molar-refractivity contribution in [3.63, 3.8) is 0 Å². The summed E-state index contributed by atoms with van der Waals surface area (Å²) in [5, 5.41) is 0. The topological polar surface area (TPSA) is 9.23 Å². The smallest absolute Gasteiger partial charge is 0.0716 e. The van der Waals surface area contributed by atoms with E-state index in [1.54, 1.807) is 0 Å². The van der Waals surface area contributed by atoms with Crippen LogP contribution >= 0.6 is 0 Å². The Balaban J connectivity index is 1.33. The van der Waals surface area contributed by atoms with Gasteiger partial charge < -0.3 is 4.74 Å². The Labute approximate surface area is 206 Å². The maximum atomic E-state index is 5.65. The van der Waals surface area contributed by atoms with Gasteiger partial charge in [-0.1, -0.05) is 91.9 Å². The highest BCUT2D eigenvalue weighted by Gasteiger charge is 2.21. The Morgan fingerprint density at radius 2 is 1.26 bits per heavy atom. The van der Waals surface area contributed by atoms with Crippen molar-refractivity contribution in [2.45, 2.75) is 71.3 Å². The van der Waals surface area contributed by atoms with E-state index >= 15 is 0 Å². The summed E-state index contributed by atoms with van der Waals surface area (Å²) >= 11 is 0. The molecule has 0 spiro atoms. The summed E-state index contributed by atoms with van der Waals surface area (Å²) in [7, 11) is 0. The van der Waals surface area contributed by atoms with Crippen molar-refractivity contribution in [3.8, 4) is 22.3 Å². The monoisotopic (exact) mass is 452 g/mol. The number of rotatable bonds is 10. The Bertz CT molecular complexity index is 1000. The van der Waals surface area contributed by atoms with Crippen molar-refractivity contribution in [2.75, 3.05) is 6.61 Å². The number of allylic oxidation sites excluding steroid dienone is 2. The first-order valence-corrected chi connectivity index (χ1v) is 13.3. The first kappa shape index (κ1) is 24.5. The maximum absolute atomic E-state index is 5.65. The van der Waals surface area contributed by atoms with Crippen LogP contribution in [-0.2, 0) is 11.3 Å². The SMILES string of the molecule is C/C=C/CC[C@H]1CC[C@H](c2ccc(-c3ccc(-c4ccc(COCCC)cc4)cc3)cc2)CC1. The summed E-state index contributed by atoms with van der Waals surface area (Å²) < 4.78 is 5.65. The van der Waals surface area contributed by atoms with Crippen LogP contribution in [0.1, 0.15) is 75.8 Å². The third-order valence-corrected chi connectivity index (χ3v) is 7.33. The average Bonchev–Trinajstić information content (AvgIpc) is 2.90. The fourth-order valence-electron chi connectivity index (χ4n) is 5.21. The minimum Gasteiger partial charge on any atom is -0.377 e. The minimum atomic E-state index is 0.695. The molecule has 0 heterocycles. The third kappa shape index (κ3) is 6.70. The molecule has 1 aliphatic rings. The summed E-state index contributed by atoms with van der Waals surface area (Å²) in [6, 6.07) is 27.1. The zero-order valence-corrected chi connectivity index (χ0v) is 21.0. The van der Waals surface area contributed by atoms with Crippen LogP contribution in [0.15, 0.2) is 84.9 Å². The lowest BCUT2D eigenvalue weighted by Crippen LogP contribution is -2.13. The van der Waals surface area contributed by atoms with Crippen LogP contribution in [0.5, 0.6) is 0 Å². The van der Waals surface area contributed by atoms with E-state index in [0.717, 1.165) is 24.9 Å². The molecule has 1 heteroatoms. The lowest BCUT2D eigenvalue weighted by Gasteiger charge is -2.28. The molecular formula is C33H40O. The van der Waals surface area contributed by atoms with Crippen LogP contribution in [0.4, 0.5) is 0 Å². The Morgan fingerprint density at radius 1 is 0.735 bits per heavy atom. The summed E-state index contributed by atoms with van der Waals surface area (Å²) in [5.41, 5.74) is 7.85. The molecule has 178 valence electrons. The van der Waals surface area contributed by atoms with E-state index in [-0.39, 0.29) is 0 Å². The molecule has 3 aromatic carbocycles. The molecule has 1 aliphatic carbocycles. The van der Waals surface area contributed by atoms with Crippen LogP contribution in [0.25, 0.3) is 22.3 Å². The van der Waals surface area contributed by atoms with E-state index in [9.17, 15) is 0 Å². The molecule has 1 nitrogen and oxygen atoms in total. The summed E-state index contributed by atoms with van der Waals surface area (Å²) in [4.78, 5) is 0. The zero-order chi connectivity index (χ0) is 23.6. The molecule has 0 radical (unpaired) electrons. The molecule has 0 amide bonds. The van der Waals surface area contributed by atoms with Crippen LogP contribution in [0.3, 0.4) is 0 Å². The summed E-state index contributed by atoms with van der Waals surface area (Å²) in [6.07, 6.45) is 13.6. The van der Waals surface area contributed by atoms with E-state index in [1.165, 1.54) is 71.9 Å². The van der Waals surface area contributed by atoms with E-state index in [1.807, 2.05) is 0 Å². The van der Waals surface area contributed by atoms with Crippen molar-refractivity contribution >= 4 is 0 Å².